The van der Waals surface area contributed by atoms with Gasteiger partial charge in [0.2, 0.25) is 0 Å². The molecule has 0 bridgehead atoms. The second-order valence-electron chi connectivity index (χ2n) is 5.84. The number of aromatic nitrogens is 4. The van der Waals surface area contributed by atoms with Gasteiger partial charge in [0, 0.05) is 30.4 Å². The molecule has 4 aromatic rings. The van der Waals surface area contributed by atoms with Crippen molar-refractivity contribution < 1.29 is 0 Å². The van der Waals surface area contributed by atoms with Crippen LogP contribution in [0.5, 0.6) is 0 Å². The largest absolute Gasteiger partial charge is 0.353 e. The van der Waals surface area contributed by atoms with Gasteiger partial charge < -0.3 is 4.90 Å². The van der Waals surface area contributed by atoms with Crippen LogP contribution in [0.15, 0.2) is 54.3 Å². The molecule has 6 heteroatoms. The summed E-state index contributed by atoms with van der Waals surface area (Å²) in [4.78, 5) is 21.0. The topological polar surface area (TPSA) is 54.8 Å². The van der Waals surface area contributed by atoms with Crippen LogP contribution >= 0.6 is 11.3 Å². The first-order chi connectivity index (χ1) is 12.2. The summed E-state index contributed by atoms with van der Waals surface area (Å²) < 4.78 is 0. The molecule has 3 aromatic heterocycles. The smallest absolute Gasteiger partial charge is 0.141 e. The summed E-state index contributed by atoms with van der Waals surface area (Å²) in [6.07, 6.45) is 5.18. The summed E-state index contributed by atoms with van der Waals surface area (Å²) in [6.45, 7) is 2.57. The Labute approximate surface area is 150 Å². The van der Waals surface area contributed by atoms with Gasteiger partial charge in [0.1, 0.15) is 16.5 Å². The average molecular weight is 347 g/mol. The SMILES string of the molecule is Cc1nc(N(C)Cc2cnccn2)c2c(-c3ccccc3)csc2n1. The predicted molar refractivity (Wildman–Crippen MR) is 102 cm³/mol. The fraction of sp³-hybridized carbons (Fsp3) is 0.158. The van der Waals surface area contributed by atoms with Gasteiger partial charge in [-0.1, -0.05) is 30.3 Å². The van der Waals surface area contributed by atoms with Gasteiger partial charge in [-0.05, 0) is 12.5 Å². The molecule has 0 aliphatic heterocycles. The van der Waals surface area contributed by atoms with Gasteiger partial charge in [-0.2, -0.15) is 0 Å². The third kappa shape index (κ3) is 3.08. The molecule has 0 fully saturated rings. The van der Waals surface area contributed by atoms with Crippen LogP contribution in [0.4, 0.5) is 5.82 Å². The second kappa shape index (κ2) is 6.57. The standard InChI is InChI=1S/C19H17N5S/c1-13-22-18(24(2)11-15-10-20-8-9-21-15)17-16(12-25-19(17)23-13)14-6-4-3-5-7-14/h3-10,12H,11H2,1-2H3. The van der Waals surface area contributed by atoms with Crippen molar-refractivity contribution in [2.45, 2.75) is 13.5 Å². The number of nitrogens with zero attached hydrogens (tertiary/aromatic N) is 5. The summed E-state index contributed by atoms with van der Waals surface area (Å²) in [5.74, 6) is 1.70. The summed E-state index contributed by atoms with van der Waals surface area (Å²) in [5, 5.41) is 3.25. The van der Waals surface area contributed by atoms with Crippen LogP contribution in [0.1, 0.15) is 11.5 Å². The maximum Gasteiger partial charge on any atom is 0.141 e. The zero-order valence-corrected chi connectivity index (χ0v) is 14.9. The zero-order chi connectivity index (χ0) is 17.2. The highest BCUT2D eigenvalue weighted by molar-refractivity contribution is 7.17. The van der Waals surface area contributed by atoms with E-state index in [4.69, 9.17) is 4.98 Å². The minimum absolute atomic E-state index is 0.642. The third-order valence-corrected chi connectivity index (χ3v) is 4.86. The van der Waals surface area contributed by atoms with E-state index in [-0.39, 0.29) is 0 Å². The first-order valence-electron chi connectivity index (χ1n) is 7.99. The van der Waals surface area contributed by atoms with Crippen LogP contribution in [0, 0.1) is 6.92 Å². The summed E-state index contributed by atoms with van der Waals surface area (Å²) in [7, 11) is 2.03. The van der Waals surface area contributed by atoms with Crippen LogP contribution < -0.4 is 4.90 Å². The van der Waals surface area contributed by atoms with Crippen molar-refractivity contribution in [1.82, 2.24) is 19.9 Å². The Bertz CT molecular complexity index is 998. The van der Waals surface area contributed by atoms with Crippen molar-refractivity contribution in [1.29, 1.82) is 0 Å². The second-order valence-corrected chi connectivity index (χ2v) is 6.70. The molecule has 0 unspecified atom stereocenters. The maximum atomic E-state index is 4.73. The van der Waals surface area contributed by atoms with Crippen LogP contribution in [-0.4, -0.2) is 27.0 Å². The van der Waals surface area contributed by atoms with E-state index in [1.807, 2.05) is 20.0 Å². The van der Waals surface area contributed by atoms with Gasteiger partial charge in [0.15, 0.2) is 0 Å². The van der Waals surface area contributed by atoms with Gasteiger partial charge in [-0.25, -0.2) is 9.97 Å². The van der Waals surface area contributed by atoms with E-state index in [1.165, 1.54) is 11.1 Å². The lowest BCUT2D eigenvalue weighted by Gasteiger charge is -2.19. The van der Waals surface area contributed by atoms with E-state index in [2.05, 4.69) is 49.5 Å². The van der Waals surface area contributed by atoms with Gasteiger partial charge >= 0.3 is 0 Å². The molecule has 0 saturated heterocycles. The molecule has 0 saturated carbocycles. The molecule has 1 aromatic carbocycles. The summed E-state index contributed by atoms with van der Waals surface area (Å²) in [6, 6.07) is 10.4. The van der Waals surface area contributed by atoms with E-state index >= 15 is 0 Å². The minimum atomic E-state index is 0.642. The molecule has 0 amide bonds. The van der Waals surface area contributed by atoms with Crippen molar-refractivity contribution in [3.63, 3.8) is 0 Å². The van der Waals surface area contributed by atoms with Crippen LogP contribution in [0.3, 0.4) is 0 Å². The van der Waals surface area contributed by atoms with E-state index in [1.54, 1.807) is 29.9 Å². The quantitative estimate of drug-likeness (QED) is 0.556. The normalized spacial score (nSPS) is 11.0. The van der Waals surface area contributed by atoms with E-state index in [9.17, 15) is 0 Å². The van der Waals surface area contributed by atoms with E-state index in [0.29, 0.717) is 6.54 Å². The van der Waals surface area contributed by atoms with Gasteiger partial charge in [0.05, 0.1) is 23.8 Å². The zero-order valence-electron chi connectivity index (χ0n) is 14.0. The molecule has 0 aliphatic rings. The first-order valence-corrected chi connectivity index (χ1v) is 8.87. The van der Waals surface area contributed by atoms with Crippen LogP contribution in [-0.2, 0) is 6.54 Å². The van der Waals surface area contributed by atoms with Crippen LogP contribution in [0.25, 0.3) is 21.3 Å². The van der Waals surface area contributed by atoms with Crippen molar-refractivity contribution in [2.24, 2.45) is 0 Å². The summed E-state index contributed by atoms with van der Waals surface area (Å²) >= 11 is 1.66. The molecule has 0 N–H and O–H groups in total. The highest BCUT2D eigenvalue weighted by Gasteiger charge is 2.17. The number of hydrogen-bond donors (Lipinski definition) is 0. The van der Waals surface area contributed by atoms with Crippen molar-refractivity contribution in [3.05, 3.63) is 65.8 Å². The summed E-state index contributed by atoms with van der Waals surface area (Å²) in [5.41, 5.74) is 3.25. The molecule has 5 nitrogen and oxygen atoms in total. The lowest BCUT2D eigenvalue weighted by Crippen LogP contribution is -2.19. The van der Waals surface area contributed by atoms with E-state index < -0.39 is 0 Å². The Morgan fingerprint density at radius 2 is 1.92 bits per heavy atom. The van der Waals surface area contributed by atoms with E-state index in [0.717, 1.165) is 27.6 Å². The molecular formula is C19H17N5S. The number of thiophene rings is 1. The van der Waals surface area contributed by atoms with Crippen molar-refractivity contribution in [2.75, 3.05) is 11.9 Å². The lowest BCUT2D eigenvalue weighted by atomic mass is 10.1. The molecule has 0 aliphatic carbocycles. The molecule has 3 heterocycles. The number of fused-ring (bicyclic) bond motifs is 1. The number of anilines is 1. The molecule has 124 valence electrons. The average Bonchev–Trinajstić information content (AvgIpc) is 3.06. The Hall–Kier alpha value is -2.86. The first kappa shape index (κ1) is 15.7. The number of benzene rings is 1. The Morgan fingerprint density at radius 3 is 2.68 bits per heavy atom. The molecule has 0 radical (unpaired) electrons. The van der Waals surface area contributed by atoms with Gasteiger partial charge in [0.25, 0.3) is 0 Å². The Kier molecular flexibility index (Phi) is 4.11. The number of rotatable bonds is 4. The van der Waals surface area contributed by atoms with Gasteiger partial charge in [-0.15, -0.1) is 11.3 Å². The molecule has 0 spiro atoms. The fourth-order valence-corrected chi connectivity index (χ4v) is 3.85. The molecule has 25 heavy (non-hydrogen) atoms. The minimum Gasteiger partial charge on any atom is -0.353 e. The predicted octanol–water partition coefficient (Wildman–Crippen LogP) is 4.09. The Morgan fingerprint density at radius 1 is 1.08 bits per heavy atom. The molecular weight excluding hydrogens is 330 g/mol. The molecule has 4 rings (SSSR count). The highest BCUT2D eigenvalue weighted by Crippen LogP contribution is 2.38. The highest BCUT2D eigenvalue weighted by atomic mass is 32.1. The van der Waals surface area contributed by atoms with Crippen molar-refractivity contribution in [3.8, 4) is 11.1 Å². The number of hydrogen-bond acceptors (Lipinski definition) is 6. The fourth-order valence-electron chi connectivity index (χ4n) is 2.86. The third-order valence-electron chi connectivity index (χ3n) is 3.99. The maximum absolute atomic E-state index is 4.73. The monoisotopic (exact) mass is 347 g/mol. The van der Waals surface area contributed by atoms with Crippen LogP contribution in [0.2, 0.25) is 0 Å². The Balaban J connectivity index is 1.83. The lowest BCUT2D eigenvalue weighted by molar-refractivity contribution is 0.853. The van der Waals surface area contributed by atoms with Gasteiger partial charge in [-0.3, -0.25) is 9.97 Å². The van der Waals surface area contributed by atoms with Crippen molar-refractivity contribution >= 4 is 27.4 Å². The molecule has 0 atom stereocenters. The number of aryl methyl sites for hydroxylation is 1.